The van der Waals surface area contributed by atoms with E-state index in [1.165, 1.54) is 12.3 Å². The van der Waals surface area contributed by atoms with Crippen molar-refractivity contribution in [2.24, 2.45) is 0 Å². The van der Waals surface area contributed by atoms with E-state index in [1.807, 2.05) is 0 Å². The number of nitriles is 1. The molecule has 0 bridgehead atoms. The Balaban J connectivity index is 3.28. The van der Waals surface area contributed by atoms with Crippen LogP contribution in [0.1, 0.15) is 18.9 Å². The van der Waals surface area contributed by atoms with Crippen molar-refractivity contribution in [3.05, 3.63) is 27.9 Å². The quantitative estimate of drug-likeness (QED) is 0.501. The van der Waals surface area contributed by atoms with Gasteiger partial charge in [0.1, 0.15) is 11.6 Å². The van der Waals surface area contributed by atoms with Gasteiger partial charge < -0.3 is 15.5 Å². The summed E-state index contributed by atoms with van der Waals surface area (Å²) in [6.07, 6.45) is 1.58. The lowest BCUT2D eigenvalue weighted by atomic mass is 9.98. The molecule has 0 atom stereocenters. The van der Waals surface area contributed by atoms with Crippen LogP contribution in [-0.2, 0) is 0 Å². The molecule has 1 aromatic heterocycles. The van der Waals surface area contributed by atoms with E-state index in [0.717, 1.165) is 0 Å². The summed E-state index contributed by atoms with van der Waals surface area (Å²) < 4.78 is 0. The molecule has 19 heavy (non-hydrogen) atoms. The van der Waals surface area contributed by atoms with E-state index in [4.69, 9.17) is 5.26 Å². The van der Waals surface area contributed by atoms with Crippen LogP contribution in [0.25, 0.3) is 0 Å². The van der Waals surface area contributed by atoms with E-state index in [2.05, 4.69) is 10.3 Å². The molecule has 0 aliphatic heterocycles. The molecule has 1 aromatic rings. The molecule has 0 spiro atoms. The van der Waals surface area contributed by atoms with Crippen LogP contribution >= 0.6 is 0 Å². The third kappa shape index (κ3) is 2.96. The third-order valence-electron chi connectivity index (χ3n) is 2.89. The Morgan fingerprint density at radius 1 is 1.58 bits per heavy atom. The first kappa shape index (κ1) is 14.8. The van der Waals surface area contributed by atoms with Crippen molar-refractivity contribution >= 4 is 11.5 Å². The first-order valence-corrected chi connectivity index (χ1v) is 5.57. The topological polar surface area (TPSA) is 132 Å². The van der Waals surface area contributed by atoms with Gasteiger partial charge in [0.2, 0.25) is 5.82 Å². The average Bonchev–Trinajstić information content (AvgIpc) is 2.44. The van der Waals surface area contributed by atoms with Crippen LogP contribution in [-0.4, -0.2) is 38.9 Å². The van der Waals surface area contributed by atoms with Crippen molar-refractivity contribution in [2.45, 2.75) is 18.9 Å². The Bertz CT molecular complexity index is 500. The first-order chi connectivity index (χ1) is 9.03. The van der Waals surface area contributed by atoms with E-state index in [9.17, 15) is 20.3 Å². The Kier molecular flexibility index (Phi) is 4.74. The van der Waals surface area contributed by atoms with Gasteiger partial charge >= 0.3 is 5.69 Å². The zero-order valence-corrected chi connectivity index (χ0v) is 10.3. The van der Waals surface area contributed by atoms with Gasteiger partial charge in [-0.05, 0) is 12.5 Å². The average molecular weight is 266 g/mol. The molecule has 0 unspecified atom stereocenters. The van der Waals surface area contributed by atoms with E-state index in [1.54, 1.807) is 13.0 Å². The number of aliphatic hydroxyl groups is 2. The summed E-state index contributed by atoms with van der Waals surface area (Å²) in [6, 6.07) is 2.94. The molecular formula is C11H14N4O4. The van der Waals surface area contributed by atoms with E-state index >= 15 is 0 Å². The second-order valence-electron chi connectivity index (χ2n) is 4.00. The van der Waals surface area contributed by atoms with Gasteiger partial charge in [-0.15, -0.1) is 0 Å². The van der Waals surface area contributed by atoms with Gasteiger partial charge in [0.05, 0.1) is 23.7 Å². The number of pyridine rings is 1. The number of nitro groups is 1. The van der Waals surface area contributed by atoms with Gasteiger partial charge in [-0.1, -0.05) is 6.92 Å². The minimum absolute atomic E-state index is 0.136. The highest BCUT2D eigenvalue weighted by Gasteiger charge is 2.31. The molecule has 0 amide bonds. The number of nitrogens with one attached hydrogen (secondary N) is 1. The van der Waals surface area contributed by atoms with Crippen molar-refractivity contribution in [3.63, 3.8) is 0 Å². The number of anilines is 1. The SMILES string of the molecule is CCC(CO)(CO)Nc1nccc(C#N)c1[N+](=O)[O-]. The van der Waals surface area contributed by atoms with Crippen LogP contribution in [0.5, 0.6) is 0 Å². The van der Waals surface area contributed by atoms with Crippen molar-refractivity contribution in [2.75, 3.05) is 18.5 Å². The predicted molar refractivity (Wildman–Crippen MR) is 66.4 cm³/mol. The normalized spacial score (nSPS) is 10.8. The maximum absolute atomic E-state index is 11.0. The zero-order valence-electron chi connectivity index (χ0n) is 10.3. The second kappa shape index (κ2) is 6.08. The Hall–Kier alpha value is -2.24. The number of aliphatic hydroxyl groups excluding tert-OH is 2. The molecule has 0 radical (unpaired) electrons. The minimum atomic E-state index is -1.12. The molecule has 0 fully saturated rings. The highest BCUT2D eigenvalue weighted by Crippen LogP contribution is 2.28. The highest BCUT2D eigenvalue weighted by molar-refractivity contribution is 5.65. The van der Waals surface area contributed by atoms with E-state index < -0.39 is 29.4 Å². The van der Waals surface area contributed by atoms with Gasteiger partial charge in [0.15, 0.2) is 0 Å². The molecule has 0 saturated heterocycles. The minimum Gasteiger partial charge on any atom is -0.394 e. The number of rotatable bonds is 6. The van der Waals surface area contributed by atoms with Crippen LogP contribution < -0.4 is 5.32 Å². The van der Waals surface area contributed by atoms with Crippen LogP contribution in [0.2, 0.25) is 0 Å². The summed E-state index contributed by atoms with van der Waals surface area (Å²) in [4.78, 5) is 14.1. The van der Waals surface area contributed by atoms with Crippen molar-refractivity contribution in [3.8, 4) is 6.07 Å². The van der Waals surface area contributed by atoms with Crippen LogP contribution in [0, 0.1) is 21.4 Å². The molecule has 0 aliphatic rings. The molecule has 0 aromatic carbocycles. The summed E-state index contributed by atoms with van der Waals surface area (Å²) in [5.41, 5.74) is -1.72. The molecule has 3 N–H and O–H groups in total. The number of hydrogen-bond acceptors (Lipinski definition) is 7. The molecule has 0 saturated carbocycles. The summed E-state index contributed by atoms with van der Waals surface area (Å²) in [6.45, 7) is 0.866. The molecule has 1 heterocycles. The van der Waals surface area contributed by atoms with Crippen LogP contribution in [0.3, 0.4) is 0 Å². The van der Waals surface area contributed by atoms with Gasteiger partial charge in [0, 0.05) is 6.20 Å². The Morgan fingerprint density at radius 2 is 2.21 bits per heavy atom. The molecule has 1 rings (SSSR count). The fraction of sp³-hybridized carbons (Fsp3) is 0.455. The van der Waals surface area contributed by atoms with E-state index in [-0.39, 0.29) is 11.4 Å². The fourth-order valence-electron chi connectivity index (χ4n) is 1.51. The zero-order chi connectivity index (χ0) is 14.5. The monoisotopic (exact) mass is 266 g/mol. The fourth-order valence-corrected chi connectivity index (χ4v) is 1.51. The molecule has 0 aliphatic carbocycles. The Labute approximate surface area is 109 Å². The Morgan fingerprint density at radius 3 is 2.63 bits per heavy atom. The lowest BCUT2D eigenvalue weighted by molar-refractivity contribution is -0.384. The maximum atomic E-state index is 11.0. The summed E-state index contributed by atoms with van der Waals surface area (Å²) in [7, 11) is 0. The largest absolute Gasteiger partial charge is 0.394 e. The molecule has 102 valence electrons. The molecule has 8 heteroatoms. The summed E-state index contributed by atoms with van der Waals surface area (Å²) in [5.74, 6) is -0.144. The molecular weight excluding hydrogens is 252 g/mol. The smallest absolute Gasteiger partial charge is 0.328 e. The first-order valence-electron chi connectivity index (χ1n) is 5.57. The number of aromatic nitrogens is 1. The third-order valence-corrected chi connectivity index (χ3v) is 2.89. The summed E-state index contributed by atoms with van der Waals surface area (Å²) in [5, 5.41) is 41.1. The van der Waals surface area contributed by atoms with Crippen molar-refractivity contribution < 1.29 is 15.1 Å². The van der Waals surface area contributed by atoms with Crippen LogP contribution in [0.4, 0.5) is 11.5 Å². The highest BCUT2D eigenvalue weighted by atomic mass is 16.6. The lowest BCUT2D eigenvalue weighted by Crippen LogP contribution is -2.45. The van der Waals surface area contributed by atoms with Gasteiger partial charge in [0.25, 0.3) is 0 Å². The number of hydrogen-bond donors (Lipinski definition) is 3. The molecule has 8 nitrogen and oxygen atoms in total. The standard InChI is InChI=1S/C11H14N4O4/c1-2-11(6-16,7-17)14-10-9(15(18)19)8(5-12)3-4-13-10/h3-4,16-17H,2,6-7H2,1H3,(H,13,14). The lowest BCUT2D eigenvalue weighted by Gasteiger charge is -2.29. The van der Waals surface area contributed by atoms with Gasteiger partial charge in [-0.25, -0.2) is 4.98 Å². The predicted octanol–water partition coefficient (Wildman–Crippen LogP) is 0.407. The van der Waals surface area contributed by atoms with Crippen molar-refractivity contribution in [1.29, 1.82) is 5.26 Å². The maximum Gasteiger partial charge on any atom is 0.328 e. The summed E-state index contributed by atoms with van der Waals surface area (Å²) >= 11 is 0. The second-order valence-corrected chi connectivity index (χ2v) is 4.00. The van der Waals surface area contributed by atoms with Gasteiger partial charge in [-0.2, -0.15) is 5.26 Å². The van der Waals surface area contributed by atoms with Crippen LogP contribution in [0.15, 0.2) is 12.3 Å². The number of nitrogens with zero attached hydrogens (tertiary/aromatic N) is 3. The van der Waals surface area contributed by atoms with E-state index in [0.29, 0.717) is 6.42 Å². The van der Waals surface area contributed by atoms with Gasteiger partial charge in [-0.3, -0.25) is 10.1 Å². The van der Waals surface area contributed by atoms with Crippen molar-refractivity contribution in [1.82, 2.24) is 4.98 Å².